The Bertz CT molecular complexity index is 558. The molecule has 0 saturated heterocycles. The Hall–Kier alpha value is -1.74. The smallest absolute Gasteiger partial charge is 0.107 e. The number of quaternary nitrogens is 1. The highest BCUT2D eigenvalue weighted by Gasteiger charge is 2.15. The number of hydrogen-bond acceptors (Lipinski definition) is 2. The van der Waals surface area contributed by atoms with Gasteiger partial charge in [0.05, 0.1) is 12.8 Å². The summed E-state index contributed by atoms with van der Waals surface area (Å²) in [5.41, 5.74) is 2.64. The normalized spacial score (nSPS) is 12.5. The van der Waals surface area contributed by atoms with Crippen LogP contribution in [0.3, 0.4) is 0 Å². The zero-order valence-corrected chi connectivity index (χ0v) is 15.7. The Morgan fingerprint density at radius 3 is 2.33 bits per heavy atom. The van der Waals surface area contributed by atoms with Crippen LogP contribution in [0.25, 0.3) is 0 Å². The van der Waals surface area contributed by atoms with Crippen LogP contribution in [0.4, 0.5) is 5.69 Å². The van der Waals surface area contributed by atoms with E-state index in [0.717, 1.165) is 24.8 Å². The van der Waals surface area contributed by atoms with Gasteiger partial charge in [0.2, 0.25) is 0 Å². The van der Waals surface area contributed by atoms with Crippen LogP contribution < -0.4 is 10.2 Å². The lowest BCUT2D eigenvalue weighted by Crippen LogP contribution is -2.82. The molecule has 0 spiro atoms. The lowest BCUT2D eigenvalue weighted by atomic mass is 9.93. The number of nitrogens with zero attached hydrogens (tertiary/aromatic N) is 1. The largest absolute Gasteiger partial charge is 0.469 e. The van der Waals surface area contributed by atoms with Gasteiger partial charge in [-0.15, -0.1) is 0 Å². The summed E-state index contributed by atoms with van der Waals surface area (Å²) in [7, 11) is 4.15. The molecule has 24 heavy (non-hydrogen) atoms. The number of benzene rings is 1. The molecule has 132 valence electrons. The van der Waals surface area contributed by atoms with Crippen molar-refractivity contribution in [2.75, 3.05) is 25.5 Å². The summed E-state index contributed by atoms with van der Waals surface area (Å²) in [5, 5.41) is 2.41. The third kappa shape index (κ3) is 6.04. The quantitative estimate of drug-likeness (QED) is 0.668. The summed E-state index contributed by atoms with van der Waals surface area (Å²) in [6, 6.07) is 13.0. The van der Waals surface area contributed by atoms with E-state index in [1.165, 1.54) is 30.5 Å². The van der Waals surface area contributed by atoms with Crippen LogP contribution in [0, 0.1) is 5.92 Å². The lowest BCUT2D eigenvalue weighted by Gasteiger charge is -2.15. The van der Waals surface area contributed by atoms with Gasteiger partial charge in [0.1, 0.15) is 12.3 Å². The fourth-order valence-electron chi connectivity index (χ4n) is 3.00. The van der Waals surface area contributed by atoms with Crippen molar-refractivity contribution >= 4 is 5.69 Å². The molecule has 3 nitrogen and oxygen atoms in total. The predicted octanol–water partition coefficient (Wildman–Crippen LogP) is 4.02. The molecular weight excluding hydrogens is 296 g/mol. The number of rotatable bonds is 10. The van der Waals surface area contributed by atoms with E-state index in [2.05, 4.69) is 68.5 Å². The average Bonchev–Trinajstić information content (AvgIpc) is 3.08. The first-order chi connectivity index (χ1) is 11.6. The third-order valence-corrected chi connectivity index (χ3v) is 4.59. The second-order valence-corrected chi connectivity index (χ2v) is 7.31. The highest BCUT2D eigenvalue weighted by molar-refractivity contribution is 5.45. The lowest BCUT2D eigenvalue weighted by molar-refractivity contribution is -0.671. The summed E-state index contributed by atoms with van der Waals surface area (Å²) in [5.74, 6) is 2.45. The van der Waals surface area contributed by atoms with Crippen molar-refractivity contribution in [3.63, 3.8) is 0 Å². The molecule has 2 rings (SSSR count). The van der Waals surface area contributed by atoms with Crippen molar-refractivity contribution in [2.45, 2.75) is 45.6 Å². The molecule has 1 aromatic heterocycles. The van der Waals surface area contributed by atoms with Gasteiger partial charge in [-0.2, -0.15) is 0 Å². The highest BCUT2D eigenvalue weighted by atomic mass is 16.3. The molecule has 0 aliphatic carbocycles. The van der Waals surface area contributed by atoms with E-state index >= 15 is 0 Å². The van der Waals surface area contributed by atoms with Gasteiger partial charge in [-0.3, -0.25) is 0 Å². The first-order valence-electron chi connectivity index (χ1n) is 9.17. The molecule has 0 fully saturated rings. The maximum Gasteiger partial charge on any atom is 0.107 e. The Balaban J connectivity index is 1.77. The minimum absolute atomic E-state index is 0.551. The maximum absolute atomic E-state index is 5.66. The van der Waals surface area contributed by atoms with Gasteiger partial charge in [-0.25, -0.2) is 0 Å². The topological polar surface area (TPSA) is 33.0 Å². The van der Waals surface area contributed by atoms with Crippen LogP contribution in [0.1, 0.15) is 50.4 Å². The van der Waals surface area contributed by atoms with Gasteiger partial charge in [0, 0.05) is 37.7 Å². The molecule has 2 aromatic rings. The number of nitrogens with two attached hydrogens (primary N) is 1. The second kappa shape index (κ2) is 9.53. The molecule has 1 heterocycles. The van der Waals surface area contributed by atoms with E-state index in [4.69, 9.17) is 4.42 Å². The Kier molecular flexibility index (Phi) is 7.38. The summed E-state index contributed by atoms with van der Waals surface area (Å²) in [6.07, 6.45) is 5.46. The van der Waals surface area contributed by atoms with Crippen LogP contribution in [0.15, 0.2) is 47.1 Å². The van der Waals surface area contributed by atoms with Crippen molar-refractivity contribution in [1.29, 1.82) is 0 Å². The van der Waals surface area contributed by atoms with Crippen LogP contribution >= 0.6 is 0 Å². The molecule has 1 aromatic carbocycles. The second-order valence-electron chi connectivity index (χ2n) is 7.31. The number of hydrogen-bond donors (Lipinski definition) is 1. The molecule has 0 unspecified atom stereocenters. The molecule has 0 saturated carbocycles. The Morgan fingerprint density at radius 1 is 1.00 bits per heavy atom. The van der Waals surface area contributed by atoms with Gasteiger partial charge in [-0.1, -0.05) is 32.4 Å². The molecular formula is C21H33N2O+. The molecule has 0 aliphatic rings. The average molecular weight is 330 g/mol. The molecule has 0 radical (unpaired) electrons. The van der Waals surface area contributed by atoms with Crippen molar-refractivity contribution in [3.05, 3.63) is 54.0 Å². The van der Waals surface area contributed by atoms with E-state index in [1.54, 1.807) is 6.26 Å². The standard InChI is InChI=1S/C21H32N2O/c1-17(2)7-10-19(21-6-5-15-24-21)13-14-22-16-18-8-11-20(12-9-18)23(3)4/h5-6,8-9,11-12,15,17,19,22H,7,10,13-14,16H2,1-4H3/p+1/t19-/m1/s1. The summed E-state index contributed by atoms with van der Waals surface area (Å²) in [6.45, 7) is 6.77. The van der Waals surface area contributed by atoms with E-state index in [-0.39, 0.29) is 0 Å². The zero-order valence-electron chi connectivity index (χ0n) is 15.7. The van der Waals surface area contributed by atoms with Crippen molar-refractivity contribution in [1.82, 2.24) is 0 Å². The Labute approximate surface area is 147 Å². The molecule has 0 amide bonds. The maximum atomic E-state index is 5.66. The molecule has 0 aliphatic heterocycles. The fourth-order valence-corrected chi connectivity index (χ4v) is 3.00. The van der Waals surface area contributed by atoms with Gasteiger partial charge in [-0.05, 0) is 36.6 Å². The number of anilines is 1. The molecule has 0 bridgehead atoms. The molecule has 1 atom stereocenters. The SMILES string of the molecule is CC(C)CC[C@H](CC[NH2+]Cc1ccc(N(C)C)cc1)c1ccco1. The Morgan fingerprint density at radius 2 is 1.75 bits per heavy atom. The first kappa shape index (κ1) is 18.6. The van der Waals surface area contributed by atoms with Gasteiger partial charge in [0.25, 0.3) is 0 Å². The molecule has 2 N–H and O–H groups in total. The number of furan rings is 1. The minimum atomic E-state index is 0.551. The van der Waals surface area contributed by atoms with Gasteiger partial charge >= 0.3 is 0 Å². The van der Waals surface area contributed by atoms with Crippen LogP contribution in [0.2, 0.25) is 0 Å². The van der Waals surface area contributed by atoms with Crippen LogP contribution in [-0.4, -0.2) is 20.6 Å². The van der Waals surface area contributed by atoms with E-state index < -0.39 is 0 Å². The first-order valence-corrected chi connectivity index (χ1v) is 9.17. The molecule has 3 heteroatoms. The summed E-state index contributed by atoms with van der Waals surface area (Å²) >= 11 is 0. The summed E-state index contributed by atoms with van der Waals surface area (Å²) in [4.78, 5) is 2.14. The fraction of sp³-hybridized carbons (Fsp3) is 0.524. The van der Waals surface area contributed by atoms with Crippen LogP contribution in [0.5, 0.6) is 0 Å². The zero-order chi connectivity index (χ0) is 17.4. The van der Waals surface area contributed by atoms with Gasteiger partial charge in [0.15, 0.2) is 0 Å². The third-order valence-electron chi connectivity index (χ3n) is 4.59. The highest BCUT2D eigenvalue weighted by Crippen LogP contribution is 2.26. The monoisotopic (exact) mass is 329 g/mol. The van der Waals surface area contributed by atoms with Crippen molar-refractivity contribution in [3.8, 4) is 0 Å². The van der Waals surface area contributed by atoms with Gasteiger partial charge < -0.3 is 14.6 Å². The van der Waals surface area contributed by atoms with Crippen molar-refractivity contribution < 1.29 is 9.73 Å². The summed E-state index contributed by atoms with van der Waals surface area (Å²) < 4.78 is 5.66. The van der Waals surface area contributed by atoms with E-state index in [0.29, 0.717) is 5.92 Å². The van der Waals surface area contributed by atoms with Crippen molar-refractivity contribution in [2.24, 2.45) is 5.92 Å². The van der Waals surface area contributed by atoms with E-state index in [1.807, 2.05) is 6.07 Å². The van der Waals surface area contributed by atoms with E-state index in [9.17, 15) is 0 Å². The van der Waals surface area contributed by atoms with Crippen LogP contribution in [-0.2, 0) is 6.54 Å². The minimum Gasteiger partial charge on any atom is -0.469 e. The predicted molar refractivity (Wildman–Crippen MR) is 101 cm³/mol.